The second-order valence-electron chi connectivity index (χ2n) is 5.08. The van der Waals surface area contributed by atoms with Gasteiger partial charge in [-0.25, -0.2) is 8.78 Å². The normalized spacial score (nSPS) is 11.3. The Bertz CT molecular complexity index is 596. The largest absolute Gasteiger partial charge is 0.388 e. The van der Waals surface area contributed by atoms with Crippen molar-refractivity contribution >= 4 is 0 Å². The van der Waals surface area contributed by atoms with Crippen LogP contribution in [0.4, 0.5) is 8.78 Å². The van der Waals surface area contributed by atoms with E-state index in [0.717, 1.165) is 6.07 Å². The Hall–Kier alpha value is -1.82. The van der Waals surface area contributed by atoms with E-state index < -0.39 is 11.6 Å². The van der Waals surface area contributed by atoms with Crippen LogP contribution >= 0.6 is 0 Å². The number of aliphatic hydroxyl groups is 1. The molecule has 0 aliphatic rings. The fourth-order valence-corrected chi connectivity index (χ4v) is 2.05. The van der Waals surface area contributed by atoms with Crippen LogP contribution in [0.2, 0.25) is 0 Å². The molecule has 1 aromatic carbocycles. The summed E-state index contributed by atoms with van der Waals surface area (Å²) < 4.78 is 28.7. The molecule has 1 aromatic heterocycles. The molecular weight excluding hydrogens is 264 g/mol. The summed E-state index contributed by atoms with van der Waals surface area (Å²) in [4.78, 5) is 0. The predicted octanol–water partition coefficient (Wildman–Crippen LogP) is 2.30. The molecule has 0 amide bonds. The third kappa shape index (κ3) is 3.01. The SMILES string of the molecule is CC(C)Cn1c(CO)nnc1Cc1cccc(F)c1F. The second-order valence-corrected chi connectivity index (χ2v) is 5.08. The maximum absolute atomic E-state index is 13.7. The summed E-state index contributed by atoms with van der Waals surface area (Å²) >= 11 is 0. The lowest BCUT2D eigenvalue weighted by Crippen LogP contribution is -2.13. The Kier molecular flexibility index (Phi) is 4.44. The molecule has 1 heterocycles. The van der Waals surface area contributed by atoms with E-state index in [9.17, 15) is 13.9 Å². The first-order chi connectivity index (χ1) is 9.52. The first-order valence-corrected chi connectivity index (χ1v) is 6.47. The molecule has 4 nitrogen and oxygen atoms in total. The van der Waals surface area contributed by atoms with Crippen molar-refractivity contribution in [2.75, 3.05) is 0 Å². The molecule has 0 unspecified atom stereocenters. The maximum Gasteiger partial charge on any atom is 0.162 e. The van der Waals surface area contributed by atoms with Gasteiger partial charge in [-0.05, 0) is 17.5 Å². The van der Waals surface area contributed by atoms with Gasteiger partial charge in [-0.2, -0.15) is 0 Å². The van der Waals surface area contributed by atoms with Gasteiger partial charge in [0.2, 0.25) is 0 Å². The zero-order chi connectivity index (χ0) is 14.7. The average molecular weight is 281 g/mol. The Balaban J connectivity index is 2.33. The minimum absolute atomic E-state index is 0.142. The Morgan fingerprint density at radius 3 is 2.55 bits per heavy atom. The van der Waals surface area contributed by atoms with Crippen molar-refractivity contribution in [1.82, 2.24) is 14.8 Å². The van der Waals surface area contributed by atoms with Crippen molar-refractivity contribution in [3.05, 3.63) is 47.0 Å². The molecule has 0 spiro atoms. The minimum Gasteiger partial charge on any atom is -0.388 e. The number of halogens is 2. The number of benzene rings is 1. The van der Waals surface area contributed by atoms with Gasteiger partial charge in [0, 0.05) is 13.0 Å². The number of aromatic nitrogens is 3. The minimum atomic E-state index is -0.875. The zero-order valence-electron chi connectivity index (χ0n) is 11.5. The highest BCUT2D eigenvalue weighted by atomic mass is 19.2. The molecule has 0 aliphatic heterocycles. The molecule has 0 saturated carbocycles. The van der Waals surface area contributed by atoms with E-state index in [4.69, 9.17) is 0 Å². The van der Waals surface area contributed by atoms with Gasteiger partial charge < -0.3 is 9.67 Å². The van der Waals surface area contributed by atoms with Gasteiger partial charge in [0.1, 0.15) is 12.4 Å². The first-order valence-electron chi connectivity index (χ1n) is 6.47. The molecule has 0 aliphatic carbocycles. The highest BCUT2D eigenvalue weighted by Crippen LogP contribution is 2.16. The molecule has 0 saturated heterocycles. The van der Waals surface area contributed by atoms with E-state index in [1.807, 2.05) is 13.8 Å². The van der Waals surface area contributed by atoms with Gasteiger partial charge in [-0.3, -0.25) is 0 Å². The summed E-state index contributed by atoms with van der Waals surface area (Å²) in [5.74, 6) is -0.456. The number of rotatable bonds is 5. The molecule has 2 rings (SSSR count). The van der Waals surface area contributed by atoms with Gasteiger partial charge in [0.25, 0.3) is 0 Å². The molecule has 1 N–H and O–H groups in total. The van der Waals surface area contributed by atoms with Crippen molar-refractivity contribution in [2.45, 2.75) is 33.4 Å². The van der Waals surface area contributed by atoms with Crippen molar-refractivity contribution in [2.24, 2.45) is 5.92 Å². The third-order valence-corrected chi connectivity index (χ3v) is 2.97. The number of nitrogens with zero attached hydrogens (tertiary/aromatic N) is 3. The summed E-state index contributed by atoms with van der Waals surface area (Å²) in [7, 11) is 0. The smallest absolute Gasteiger partial charge is 0.162 e. The van der Waals surface area contributed by atoms with Gasteiger partial charge in [0.15, 0.2) is 17.5 Å². The van der Waals surface area contributed by atoms with Crippen LogP contribution in [0, 0.1) is 17.6 Å². The lowest BCUT2D eigenvalue weighted by Gasteiger charge is -2.12. The average Bonchev–Trinajstić information content (AvgIpc) is 2.77. The van der Waals surface area contributed by atoms with Crippen LogP contribution in [-0.2, 0) is 19.6 Å². The van der Waals surface area contributed by atoms with Gasteiger partial charge in [0.05, 0.1) is 0 Å². The van der Waals surface area contributed by atoms with E-state index in [2.05, 4.69) is 10.2 Å². The van der Waals surface area contributed by atoms with Gasteiger partial charge >= 0.3 is 0 Å². The summed E-state index contributed by atoms with van der Waals surface area (Å²) in [6, 6.07) is 4.06. The zero-order valence-corrected chi connectivity index (χ0v) is 11.5. The van der Waals surface area contributed by atoms with Crippen LogP contribution < -0.4 is 0 Å². The maximum atomic E-state index is 13.7. The molecule has 0 atom stereocenters. The number of hydrogen-bond acceptors (Lipinski definition) is 3. The molecule has 6 heteroatoms. The fraction of sp³-hybridized carbons (Fsp3) is 0.429. The highest BCUT2D eigenvalue weighted by Gasteiger charge is 2.16. The summed E-state index contributed by atoms with van der Waals surface area (Å²) in [5, 5.41) is 17.1. The topological polar surface area (TPSA) is 50.9 Å². The van der Waals surface area contributed by atoms with Crippen LogP contribution in [-0.4, -0.2) is 19.9 Å². The molecule has 20 heavy (non-hydrogen) atoms. The number of hydrogen-bond donors (Lipinski definition) is 1. The van der Waals surface area contributed by atoms with E-state index in [1.165, 1.54) is 12.1 Å². The molecule has 2 aromatic rings. The van der Waals surface area contributed by atoms with E-state index in [0.29, 0.717) is 24.1 Å². The van der Waals surface area contributed by atoms with Crippen molar-refractivity contribution in [3.8, 4) is 0 Å². The van der Waals surface area contributed by atoms with Crippen LogP contribution in [0.1, 0.15) is 31.1 Å². The Labute approximate surface area is 116 Å². The quantitative estimate of drug-likeness (QED) is 0.915. The van der Waals surface area contributed by atoms with E-state index in [1.54, 1.807) is 4.57 Å². The van der Waals surface area contributed by atoms with Gasteiger partial charge in [-0.15, -0.1) is 10.2 Å². The van der Waals surface area contributed by atoms with E-state index in [-0.39, 0.29) is 18.6 Å². The van der Waals surface area contributed by atoms with Crippen molar-refractivity contribution < 1.29 is 13.9 Å². The van der Waals surface area contributed by atoms with Crippen LogP contribution in [0.5, 0.6) is 0 Å². The lowest BCUT2D eigenvalue weighted by atomic mass is 10.1. The highest BCUT2D eigenvalue weighted by molar-refractivity contribution is 5.22. The molecule has 0 fully saturated rings. The summed E-state index contributed by atoms with van der Waals surface area (Å²) in [6.07, 6.45) is 0.142. The first kappa shape index (κ1) is 14.6. The van der Waals surface area contributed by atoms with E-state index >= 15 is 0 Å². The van der Waals surface area contributed by atoms with Crippen molar-refractivity contribution in [3.63, 3.8) is 0 Å². The summed E-state index contributed by atoms with van der Waals surface area (Å²) in [6.45, 7) is 4.43. The standard InChI is InChI=1S/C14H17F2N3O/c1-9(2)7-19-12(17-18-13(19)8-20)6-10-4-3-5-11(15)14(10)16/h3-5,9,20H,6-8H2,1-2H3. The molecular formula is C14H17F2N3O. The third-order valence-electron chi connectivity index (χ3n) is 2.97. The fourth-order valence-electron chi connectivity index (χ4n) is 2.05. The molecule has 0 radical (unpaired) electrons. The molecule has 108 valence electrons. The predicted molar refractivity (Wildman–Crippen MR) is 69.9 cm³/mol. The van der Waals surface area contributed by atoms with Crippen molar-refractivity contribution in [1.29, 1.82) is 0 Å². The summed E-state index contributed by atoms with van der Waals surface area (Å²) in [5.41, 5.74) is 0.229. The van der Waals surface area contributed by atoms with Crippen LogP contribution in [0.25, 0.3) is 0 Å². The number of aliphatic hydroxyl groups excluding tert-OH is 1. The monoisotopic (exact) mass is 281 g/mol. The lowest BCUT2D eigenvalue weighted by molar-refractivity contribution is 0.261. The van der Waals surface area contributed by atoms with Gasteiger partial charge in [-0.1, -0.05) is 26.0 Å². The Morgan fingerprint density at radius 1 is 1.20 bits per heavy atom. The van der Waals surface area contributed by atoms with Crippen LogP contribution in [0.15, 0.2) is 18.2 Å². The molecule has 0 bridgehead atoms. The second kappa shape index (κ2) is 6.09. The Morgan fingerprint density at radius 2 is 1.90 bits per heavy atom. The van der Waals surface area contributed by atoms with Crippen LogP contribution in [0.3, 0.4) is 0 Å².